The molecule has 0 bridgehead atoms. The first-order valence-corrected chi connectivity index (χ1v) is 4.44. The second kappa shape index (κ2) is 4.00. The number of nitrogens with zero attached hydrogens (tertiary/aromatic N) is 5. The minimum Gasteiger partial charge on any atom is -0.396 e. The largest absolute Gasteiger partial charge is 0.396 e. The molecular formula is C9H9N5O. The van der Waals surface area contributed by atoms with Crippen molar-refractivity contribution < 1.29 is 5.11 Å². The summed E-state index contributed by atoms with van der Waals surface area (Å²) in [6.07, 6.45) is 3.40. The lowest BCUT2D eigenvalue weighted by atomic mass is 10.1. The maximum absolute atomic E-state index is 9.09. The minimum absolute atomic E-state index is 0.222. The average molecular weight is 203 g/mol. The number of rotatable bonds is 3. The number of azide groups is 1. The van der Waals surface area contributed by atoms with Crippen LogP contribution >= 0.6 is 0 Å². The summed E-state index contributed by atoms with van der Waals surface area (Å²) >= 11 is 0. The molecule has 0 saturated heterocycles. The van der Waals surface area contributed by atoms with E-state index in [2.05, 4.69) is 15.1 Å². The van der Waals surface area contributed by atoms with Crippen LogP contribution in [0.15, 0.2) is 35.7 Å². The van der Waals surface area contributed by atoms with Gasteiger partial charge in [0.25, 0.3) is 0 Å². The Hall–Kier alpha value is -2.04. The van der Waals surface area contributed by atoms with Crippen LogP contribution in [-0.4, -0.2) is 21.3 Å². The van der Waals surface area contributed by atoms with Crippen molar-refractivity contribution >= 4 is 5.52 Å². The van der Waals surface area contributed by atoms with Crippen molar-refractivity contribution in [1.29, 1.82) is 0 Å². The first-order chi connectivity index (χ1) is 7.36. The molecule has 15 heavy (non-hydrogen) atoms. The Labute approximate surface area is 85.4 Å². The first kappa shape index (κ1) is 9.51. The van der Waals surface area contributed by atoms with Gasteiger partial charge in [-0.2, -0.15) is 5.10 Å². The molecule has 2 rings (SSSR count). The van der Waals surface area contributed by atoms with E-state index in [-0.39, 0.29) is 6.61 Å². The van der Waals surface area contributed by atoms with E-state index >= 15 is 0 Å². The second-order valence-electron chi connectivity index (χ2n) is 3.03. The highest BCUT2D eigenvalue weighted by molar-refractivity contribution is 5.54. The highest BCUT2D eigenvalue weighted by atomic mass is 16.3. The molecule has 1 unspecified atom stereocenters. The quantitative estimate of drug-likeness (QED) is 0.467. The van der Waals surface area contributed by atoms with Gasteiger partial charge in [0.15, 0.2) is 0 Å². The highest BCUT2D eigenvalue weighted by Gasteiger charge is 2.13. The van der Waals surface area contributed by atoms with E-state index in [0.717, 1.165) is 11.1 Å². The van der Waals surface area contributed by atoms with E-state index in [1.807, 2.05) is 18.2 Å². The number of aliphatic hydroxyl groups excluding tert-OH is 1. The molecular weight excluding hydrogens is 194 g/mol. The number of hydrogen-bond acceptors (Lipinski definition) is 3. The standard InChI is InChI=1S/C9H9N5O/c10-13-12-8(6-15)7-5-11-14-4-2-1-3-9(7)14/h1-5,8,15H,6H2. The molecule has 76 valence electrons. The predicted octanol–water partition coefficient (Wildman–Crippen LogP) is 1.68. The Morgan fingerprint density at radius 3 is 3.20 bits per heavy atom. The molecule has 0 radical (unpaired) electrons. The van der Waals surface area contributed by atoms with Crippen LogP contribution in [0.1, 0.15) is 11.6 Å². The van der Waals surface area contributed by atoms with E-state index in [1.54, 1.807) is 16.9 Å². The van der Waals surface area contributed by atoms with E-state index in [9.17, 15) is 0 Å². The predicted molar refractivity (Wildman–Crippen MR) is 54.2 cm³/mol. The highest BCUT2D eigenvalue weighted by Crippen LogP contribution is 2.21. The van der Waals surface area contributed by atoms with Gasteiger partial charge in [0.2, 0.25) is 0 Å². The molecule has 0 aliphatic carbocycles. The zero-order chi connectivity index (χ0) is 10.7. The van der Waals surface area contributed by atoms with Crippen LogP contribution in [0.2, 0.25) is 0 Å². The lowest BCUT2D eigenvalue weighted by molar-refractivity contribution is 0.268. The Balaban J connectivity index is 2.55. The van der Waals surface area contributed by atoms with Gasteiger partial charge in [0, 0.05) is 16.7 Å². The molecule has 0 saturated carbocycles. The third-order valence-electron chi connectivity index (χ3n) is 2.18. The van der Waals surface area contributed by atoms with Gasteiger partial charge >= 0.3 is 0 Å². The summed E-state index contributed by atoms with van der Waals surface area (Å²) in [5.41, 5.74) is 9.93. The van der Waals surface area contributed by atoms with Crippen molar-refractivity contribution in [1.82, 2.24) is 9.61 Å². The number of aliphatic hydroxyl groups is 1. The van der Waals surface area contributed by atoms with Crippen molar-refractivity contribution in [2.24, 2.45) is 5.11 Å². The molecule has 0 amide bonds. The molecule has 0 spiro atoms. The molecule has 0 aromatic carbocycles. The lowest BCUT2D eigenvalue weighted by Crippen LogP contribution is -1.99. The van der Waals surface area contributed by atoms with Gasteiger partial charge in [-0.05, 0) is 17.7 Å². The van der Waals surface area contributed by atoms with Crippen molar-refractivity contribution in [3.05, 3.63) is 46.6 Å². The Morgan fingerprint density at radius 1 is 1.60 bits per heavy atom. The number of aromatic nitrogens is 2. The van der Waals surface area contributed by atoms with Gasteiger partial charge in [0.05, 0.1) is 24.4 Å². The van der Waals surface area contributed by atoms with Gasteiger partial charge in [-0.3, -0.25) is 0 Å². The zero-order valence-corrected chi connectivity index (χ0v) is 7.85. The minimum atomic E-state index is -0.574. The van der Waals surface area contributed by atoms with Gasteiger partial charge in [0.1, 0.15) is 0 Å². The van der Waals surface area contributed by atoms with Crippen molar-refractivity contribution in [3.8, 4) is 0 Å². The molecule has 2 heterocycles. The van der Waals surface area contributed by atoms with Crippen LogP contribution in [0.5, 0.6) is 0 Å². The average Bonchev–Trinajstić information content (AvgIpc) is 2.70. The summed E-state index contributed by atoms with van der Waals surface area (Å²) in [7, 11) is 0. The van der Waals surface area contributed by atoms with E-state index in [0.29, 0.717) is 0 Å². The summed E-state index contributed by atoms with van der Waals surface area (Å²) in [4.78, 5) is 2.70. The third kappa shape index (κ3) is 1.63. The summed E-state index contributed by atoms with van der Waals surface area (Å²) in [5.74, 6) is 0. The Morgan fingerprint density at radius 2 is 2.47 bits per heavy atom. The van der Waals surface area contributed by atoms with Crippen LogP contribution < -0.4 is 0 Å². The molecule has 0 fully saturated rings. The molecule has 6 nitrogen and oxygen atoms in total. The maximum atomic E-state index is 9.09. The molecule has 2 aromatic heterocycles. The summed E-state index contributed by atoms with van der Waals surface area (Å²) < 4.78 is 1.67. The Kier molecular flexibility index (Phi) is 2.53. The van der Waals surface area contributed by atoms with Crippen LogP contribution in [0, 0.1) is 0 Å². The first-order valence-electron chi connectivity index (χ1n) is 4.44. The molecule has 0 aliphatic rings. The van der Waals surface area contributed by atoms with Crippen LogP contribution in [0.3, 0.4) is 0 Å². The van der Waals surface area contributed by atoms with Gasteiger partial charge < -0.3 is 5.11 Å². The summed E-state index contributed by atoms with van der Waals surface area (Å²) in [6.45, 7) is -0.222. The molecule has 1 N–H and O–H groups in total. The molecule has 0 aliphatic heterocycles. The van der Waals surface area contributed by atoms with Gasteiger partial charge in [-0.15, -0.1) is 0 Å². The van der Waals surface area contributed by atoms with Gasteiger partial charge in [-0.1, -0.05) is 11.2 Å². The number of hydrogen-bond donors (Lipinski definition) is 1. The van der Waals surface area contributed by atoms with Crippen LogP contribution in [-0.2, 0) is 0 Å². The molecule has 1 atom stereocenters. The van der Waals surface area contributed by atoms with Crippen molar-refractivity contribution in [3.63, 3.8) is 0 Å². The second-order valence-corrected chi connectivity index (χ2v) is 3.03. The number of pyridine rings is 1. The van der Waals surface area contributed by atoms with E-state index in [1.165, 1.54) is 0 Å². The fourth-order valence-corrected chi connectivity index (χ4v) is 1.47. The van der Waals surface area contributed by atoms with Crippen LogP contribution in [0.25, 0.3) is 16.0 Å². The van der Waals surface area contributed by atoms with E-state index < -0.39 is 6.04 Å². The third-order valence-corrected chi connectivity index (χ3v) is 2.18. The van der Waals surface area contributed by atoms with Crippen LogP contribution in [0.4, 0.5) is 0 Å². The number of fused-ring (bicyclic) bond motifs is 1. The van der Waals surface area contributed by atoms with E-state index in [4.69, 9.17) is 10.6 Å². The normalized spacial score (nSPS) is 12.3. The van der Waals surface area contributed by atoms with Crippen molar-refractivity contribution in [2.75, 3.05) is 6.61 Å². The smallest absolute Gasteiger partial charge is 0.0893 e. The Bertz CT molecular complexity index is 514. The zero-order valence-electron chi connectivity index (χ0n) is 7.85. The molecule has 6 heteroatoms. The van der Waals surface area contributed by atoms with Crippen molar-refractivity contribution in [2.45, 2.75) is 6.04 Å². The topological polar surface area (TPSA) is 86.3 Å². The lowest BCUT2D eigenvalue weighted by Gasteiger charge is -2.04. The monoisotopic (exact) mass is 203 g/mol. The van der Waals surface area contributed by atoms with Gasteiger partial charge in [-0.25, -0.2) is 4.52 Å². The SMILES string of the molecule is [N-]=[N+]=NC(CO)c1cnn2ccccc12. The summed E-state index contributed by atoms with van der Waals surface area (Å²) in [6, 6.07) is 5.00. The fraction of sp³-hybridized carbons (Fsp3) is 0.222. The molecule has 2 aromatic rings. The fourth-order valence-electron chi connectivity index (χ4n) is 1.47. The summed E-state index contributed by atoms with van der Waals surface area (Å²) in [5, 5.41) is 16.7. The maximum Gasteiger partial charge on any atom is 0.0893 e.